The topological polar surface area (TPSA) is 158 Å². The third-order valence-electron chi connectivity index (χ3n) is 3.24. The lowest BCUT2D eigenvalue weighted by Crippen LogP contribution is -2.15. The number of aryl methyl sites for hydroxylation is 1. The highest BCUT2D eigenvalue weighted by Gasteiger charge is 2.28. The maximum atomic E-state index is 12.6. The summed E-state index contributed by atoms with van der Waals surface area (Å²) in [6.45, 7) is 4.49. The number of ether oxygens (including phenoxy) is 1. The second-order valence-electron chi connectivity index (χ2n) is 5.38. The number of nitrogens with zero attached hydrogens (tertiary/aromatic N) is 2. The van der Waals surface area contributed by atoms with Gasteiger partial charge in [-0.15, -0.1) is 0 Å². The number of hydrogen-bond acceptors (Lipinski definition) is 9. The molecule has 1 aromatic heterocycles. The largest absolute Gasteiger partial charge is 0.462 e. The molecular formula is C15H16N4O7S2. The summed E-state index contributed by atoms with van der Waals surface area (Å²) < 4.78 is 32.2. The minimum atomic E-state index is -4.38. The summed E-state index contributed by atoms with van der Waals surface area (Å²) >= 11 is 0.752. The van der Waals surface area contributed by atoms with Crippen molar-refractivity contribution in [3.8, 4) is 0 Å². The number of nitro groups is 1. The van der Waals surface area contributed by atoms with Crippen LogP contribution in [0, 0.1) is 17.0 Å². The maximum absolute atomic E-state index is 12.6. The molecule has 0 atom stereocenters. The maximum Gasteiger partial charge on any atom is 0.350 e. The lowest BCUT2D eigenvalue weighted by molar-refractivity contribution is -0.387. The SMILES string of the molecule is CCOC(=O)c1sc(NS(=O)(=O)c2ccc(NC(C)=O)cc2[N+](=O)[O-])nc1C. The molecule has 0 unspecified atom stereocenters. The first-order valence-electron chi connectivity index (χ1n) is 7.78. The Morgan fingerprint density at radius 1 is 1.36 bits per heavy atom. The highest BCUT2D eigenvalue weighted by atomic mass is 32.2. The summed E-state index contributed by atoms with van der Waals surface area (Å²) in [5, 5.41) is 13.5. The van der Waals surface area contributed by atoms with E-state index < -0.39 is 37.4 Å². The summed E-state index contributed by atoms with van der Waals surface area (Å²) in [6.07, 6.45) is 0. The summed E-state index contributed by atoms with van der Waals surface area (Å²) in [5.74, 6) is -1.11. The van der Waals surface area contributed by atoms with Gasteiger partial charge in [0.2, 0.25) is 5.91 Å². The Morgan fingerprint density at radius 3 is 2.61 bits per heavy atom. The molecule has 0 fully saturated rings. The van der Waals surface area contributed by atoms with Crippen molar-refractivity contribution >= 4 is 49.7 Å². The van der Waals surface area contributed by atoms with Crippen molar-refractivity contribution in [1.29, 1.82) is 0 Å². The first-order valence-corrected chi connectivity index (χ1v) is 10.1. The van der Waals surface area contributed by atoms with Gasteiger partial charge in [0.25, 0.3) is 15.7 Å². The third-order valence-corrected chi connectivity index (χ3v) is 5.81. The molecule has 0 aliphatic carbocycles. The molecular weight excluding hydrogens is 412 g/mol. The number of nitro benzene ring substituents is 1. The van der Waals surface area contributed by atoms with Crippen LogP contribution in [0.15, 0.2) is 23.1 Å². The van der Waals surface area contributed by atoms with Crippen molar-refractivity contribution in [3.05, 3.63) is 38.9 Å². The second-order valence-corrected chi connectivity index (χ2v) is 8.03. The van der Waals surface area contributed by atoms with E-state index >= 15 is 0 Å². The van der Waals surface area contributed by atoms with Crippen LogP contribution in [-0.4, -0.2) is 36.8 Å². The zero-order chi connectivity index (χ0) is 21.1. The summed E-state index contributed by atoms with van der Waals surface area (Å²) in [7, 11) is -4.38. The lowest BCUT2D eigenvalue weighted by atomic mass is 10.3. The number of carbonyl (C=O) groups excluding carboxylic acids is 2. The number of sulfonamides is 1. The number of nitrogens with one attached hydrogen (secondary N) is 2. The van der Waals surface area contributed by atoms with Gasteiger partial charge in [-0.25, -0.2) is 18.2 Å². The van der Waals surface area contributed by atoms with Crippen molar-refractivity contribution in [2.24, 2.45) is 0 Å². The van der Waals surface area contributed by atoms with Crippen LogP contribution >= 0.6 is 11.3 Å². The van der Waals surface area contributed by atoms with Crippen LogP contribution in [-0.2, 0) is 19.6 Å². The van der Waals surface area contributed by atoms with Crippen molar-refractivity contribution in [2.45, 2.75) is 25.7 Å². The summed E-state index contributed by atoms with van der Waals surface area (Å²) in [4.78, 5) is 36.8. The van der Waals surface area contributed by atoms with Crippen molar-refractivity contribution in [2.75, 3.05) is 16.6 Å². The van der Waals surface area contributed by atoms with Crippen LogP contribution in [0.4, 0.5) is 16.5 Å². The molecule has 0 spiro atoms. The molecule has 1 amide bonds. The van der Waals surface area contributed by atoms with Crippen molar-refractivity contribution in [1.82, 2.24) is 4.98 Å². The minimum absolute atomic E-state index is 0.0767. The zero-order valence-electron chi connectivity index (χ0n) is 15.0. The van der Waals surface area contributed by atoms with Crippen LogP contribution in [0.1, 0.15) is 29.2 Å². The van der Waals surface area contributed by atoms with E-state index in [1.54, 1.807) is 6.92 Å². The van der Waals surface area contributed by atoms with Gasteiger partial charge in [-0.1, -0.05) is 11.3 Å². The molecule has 28 heavy (non-hydrogen) atoms. The molecule has 2 aromatic rings. The number of thiazole rings is 1. The Balaban J connectivity index is 2.40. The highest BCUT2D eigenvalue weighted by molar-refractivity contribution is 7.93. The molecule has 1 aromatic carbocycles. The van der Waals surface area contributed by atoms with Crippen molar-refractivity contribution < 1.29 is 27.7 Å². The lowest BCUT2D eigenvalue weighted by Gasteiger charge is -2.08. The van der Waals surface area contributed by atoms with Gasteiger partial charge in [-0.3, -0.25) is 19.6 Å². The number of aromatic nitrogens is 1. The standard InChI is InChI=1S/C15H16N4O7S2/c1-4-26-14(21)13-8(2)16-15(27-13)18-28(24,25)12-6-5-10(17-9(3)20)7-11(12)19(22)23/h5-7H,4H2,1-3H3,(H,16,18)(H,17,20). The monoisotopic (exact) mass is 428 g/mol. The Kier molecular flexibility index (Phi) is 6.30. The average molecular weight is 428 g/mol. The fourth-order valence-corrected chi connectivity index (χ4v) is 4.41. The quantitative estimate of drug-likeness (QED) is 0.386. The van der Waals surface area contributed by atoms with E-state index in [9.17, 15) is 28.1 Å². The van der Waals surface area contributed by atoms with Gasteiger partial charge in [0.15, 0.2) is 10.0 Å². The normalized spacial score (nSPS) is 11.0. The van der Waals surface area contributed by atoms with Gasteiger partial charge in [0.05, 0.1) is 17.2 Å². The van der Waals surface area contributed by atoms with E-state index in [0.29, 0.717) is 0 Å². The summed E-state index contributed by atoms with van der Waals surface area (Å²) in [6, 6.07) is 3.16. The molecule has 0 saturated carbocycles. The number of benzene rings is 1. The fraction of sp³-hybridized carbons (Fsp3) is 0.267. The molecule has 2 N–H and O–H groups in total. The van der Waals surface area contributed by atoms with Crippen LogP contribution in [0.3, 0.4) is 0 Å². The van der Waals surface area contributed by atoms with Crippen LogP contribution in [0.2, 0.25) is 0 Å². The number of hydrogen-bond donors (Lipinski definition) is 2. The van der Waals surface area contributed by atoms with E-state index in [-0.39, 0.29) is 28.0 Å². The molecule has 1 heterocycles. The van der Waals surface area contributed by atoms with Gasteiger partial charge < -0.3 is 10.1 Å². The summed E-state index contributed by atoms with van der Waals surface area (Å²) in [5.41, 5.74) is -0.387. The van der Waals surface area contributed by atoms with Crippen LogP contribution < -0.4 is 10.0 Å². The number of anilines is 2. The van der Waals surface area contributed by atoms with Gasteiger partial charge in [-0.05, 0) is 26.0 Å². The molecule has 0 aliphatic heterocycles. The predicted molar refractivity (Wildman–Crippen MR) is 101 cm³/mol. The van der Waals surface area contributed by atoms with E-state index in [0.717, 1.165) is 23.5 Å². The van der Waals surface area contributed by atoms with Crippen LogP contribution in [0.5, 0.6) is 0 Å². The number of amides is 1. The van der Waals surface area contributed by atoms with Gasteiger partial charge >= 0.3 is 5.97 Å². The van der Waals surface area contributed by atoms with Crippen LogP contribution in [0.25, 0.3) is 0 Å². The first-order chi connectivity index (χ1) is 13.0. The van der Waals surface area contributed by atoms with Crippen molar-refractivity contribution in [3.63, 3.8) is 0 Å². The Labute approximate surface area is 163 Å². The second kappa shape index (κ2) is 8.31. The van der Waals surface area contributed by atoms with E-state index in [1.165, 1.54) is 19.9 Å². The number of carbonyl (C=O) groups is 2. The Bertz CT molecular complexity index is 1050. The van der Waals surface area contributed by atoms with Gasteiger partial charge in [0, 0.05) is 18.7 Å². The molecule has 11 nitrogen and oxygen atoms in total. The molecule has 0 aliphatic rings. The number of rotatable bonds is 7. The molecule has 150 valence electrons. The Hall–Kier alpha value is -3.06. The third kappa shape index (κ3) is 4.80. The van der Waals surface area contributed by atoms with E-state index in [1.807, 2.05) is 0 Å². The van der Waals surface area contributed by atoms with Gasteiger partial charge in [-0.2, -0.15) is 0 Å². The highest BCUT2D eigenvalue weighted by Crippen LogP contribution is 2.31. The molecule has 0 radical (unpaired) electrons. The van der Waals surface area contributed by atoms with Gasteiger partial charge in [0.1, 0.15) is 4.88 Å². The molecule has 2 rings (SSSR count). The van der Waals surface area contributed by atoms with E-state index in [2.05, 4.69) is 15.0 Å². The average Bonchev–Trinajstić information content (AvgIpc) is 2.93. The zero-order valence-corrected chi connectivity index (χ0v) is 16.6. The minimum Gasteiger partial charge on any atom is -0.462 e. The number of esters is 1. The first kappa shape index (κ1) is 21.2. The fourth-order valence-electron chi connectivity index (χ4n) is 2.16. The predicted octanol–water partition coefficient (Wildman–Crippen LogP) is 2.30. The smallest absolute Gasteiger partial charge is 0.350 e. The van der Waals surface area contributed by atoms with E-state index in [4.69, 9.17) is 4.74 Å². The molecule has 0 saturated heterocycles. The Morgan fingerprint density at radius 2 is 2.04 bits per heavy atom. The molecule has 0 bridgehead atoms. The molecule has 13 heteroatoms.